The molecule has 1 aromatic heterocycles. The van der Waals surface area contributed by atoms with Gasteiger partial charge in [0.1, 0.15) is 0 Å². The zero-order valence-electron chi connectivity index (χ0n) is 23.7. The quantitative estimate of drug-likeness (QED) is 0.208. The molecule has 0 saturated heterocycles. The van der Waals surface area contributed by atoms with Gasteiger partial charge < -0.3 is 0 Å². The maximum Gasteiger partial charge on any atom is 0.0433 e. The van der Waals surface area contributed by atoms with Gasteiger partial charge in [-0.3, -0.25) is 0 Å². The molecule has 0 nitrogen and oxygen atoms in total. The smallest absolute Gasteiger partial charge is 0.0433 e. The Morgan fingerprint density at radius 2 is 1.02 bits per heavy atom. The van der Waals surface area contributed by atoms with Gasteiger partial charge in [0.2, 0.25) is 0 Å². The lowest BCUT2D eigenvalue weighted by atomic mass is 9.81. The van der Waals surface area contributed by atoms with Crippen LogP contribution in [0.1, 0.15) is 55.5 Å². The molecule has 0 bridgehead atoms. The van der Waals surface area contributed by atoms with E-state index in [9.17, 15) is 0 Å². The van der Waals surface area contributed by atoms with E-state index >= 15 is 0 Å². The van der Waals surface area contributed by atoms with E-state index in [-0.39, 0.29) is 10.8 Å². The van der Waals surface area contributed by atoms with Gasteiger partial charge in [-0.05, 0) is 86.3 Å². The standard InChI is InChI=1S/C39H32S/c1-23-14-17-30-35(20-23)40-37(25-16-19-29-27-11-7-9-13-32(27)39(4,5)34(29)22-25)36(30)24-15-18-28-26-10-6-8-12-31(26)38(2,3)33(28)21-24/h6-22H,1-5H3. The Labute approximate surface area is 241 Å². The minimum absolute atomic E-state index is 0.0151. The molecule has 2 aliphatic carbocycles. The third-order valence-corrected chi connectivity index (χ3v) is 10.8. The van der Waals surface area contributed by atoms with Crippen LogP contribution in [-0.4, -0.2) is 0 Å². The maximum absolute atomic E-state index is 2.48. The summed E-state index contributed by atoms with van der Waals surface area (Å²) < 4.78 is 1.36. The van der Waals surface area contributed by atoms with Crippen LogP contribution in [0.3, 0.4) is 0 Å². The zero-order chi connectivity index (χ0) is 27.4. The second-order valence-electron chi connectivity index (χ2n) is 12.7. The van der Waals surface area contributed by atoms with E-state index in [0.717, 1.165) is 0 Å². The zero-order valence-corrected chi connectivity index (χ0v) is 24.5. The van der Waals surface area contributed by atoms with Gasteiger partial charge in [0, 0.05) is 31.4 Å². The molecule has 1 heteroatoms. The van der Waals surface area contributed by atoms with Gasteiger partial charge in [0.05, 0.1) is 0 Å². The SMILES string of the molecule is Cc1ccc2c(-c3ccc4c(c3)C(C)(C)c3ccccc3-4)c(-c3ccc4c(c3)C(C)(C)c3ccccc3-4)sc2c1. The fraction of sp³-hybridized carbons (Fsp3) is 0.179. The molecule has 0 unspecified atom stereocenters. The fourth-order valence-corrected chi connectivity index (χ4v) is 8.72. The summed E-state index contributed by atoms with van der Waals surface area (Å²) in [4.78, 5) is 1.36. The van der Waals surface area contributed by atoms with Crippen molar-refractivity contribution in [3.8, 4) is 43.8 Å². The van der Waals surface area contributed by atoms with Crippen molar-refractivity contribution < 1.29 is 0 Å². The molecule has 8 rings (SSSR count). The Kier molecular flexibility index (Phi) is 4.81. The van der Waals surface area contributed by atoms with Crippen molar-refractivity contribution in [1.29, 1.82) is 0 Å². The Bertz CT molecular complexity index is 2010. The second-order valence-corrected chi connectivity index (χ2v) is 13.7. The van der Waals surface area contributed by atoms with Crippen LogP contribution in [-0.2, 0) is 10.8 Å². The minimum atomic E-state index is -0.0200. The molecule has 1 heterocycles. The lowest BCUT2D eigenvalue weighted by molar-refractivity contribution is 0.660. The lowest BCUT2D eigenvalue weighted by Gasteiger charge is -2.22. The molecule has 40 heavy (non-hydrogen) atoms. The molecule has 0 atom stereocenters. The highest BCUT2D eigenvalue weighted by Crippen LogP contribution is 2.54. The molecule has 0 fully saturated rings. The highest BCUT2D eigenvalue weighted by Gasteiger charge is 2.37. The Hall–Kier alpha value is -3.94. The largest absolute Gasteiger partial charge is 0.135 e. The van der Waals surface area contributed by atoms with Crippen LogP contribution in [0, 0.1) is 6.92 Å². The topological polar surface area (TPSA) is 0 Å². The van der Waals surface area contributed by atoms with Crippen molar-refractivity contribution in [2.75, 3.05) is 0 Å². The van der Waals surface area contributed by atoms with Gasteiger partial charge in [0.15, 0.2) is 0 Å². The summed E-state index contributed by atoms with van der Waals surface area (Å²) in [6.45, 7) is 11.7. The van der Waals surface area contributed by atoms with Crippen LogP contribution < -0.4 is 0 Å². The van der Waals surface area contributed by atoms with Gasteiger partial charge in [0.25, 0.3) is 0 Å². The molecule has 194 valence electrons. The maximum atomic E-state index is 2.48. The van der Waals surface area contributed by atoms with Gasteiger partial charge in [-0.2, -0.15) is 0 Å². The molecule has 0 amide bonds. The summed E-state index contributed by atoms with van der Waals surface area (Å²) in [6.07, 6.45) is 0. The molecular formula is C39H32S. The summed E-state index contributed by atoms with van der Waals surface area (Å²) in [5.74, 6) is 0. The average Bonchev–Trinajstić information content (AvgIpc) is 3.53. The van der Waals surface area contributed by atoms with E-state index in [0.29, 0.717) is 0 Å². The number of hydrogen-bond donors (Lipinski definition) is 0. The van der Waals surface area contributed by atoms with E-state index in [2.05, 4.69) is 138 Å². The predicted molar refractivity (Wildman–Crippen MR) is 173 cm³/mol. The van der Waals surface area contributed by atoms with Crippen LogP contribution in [0.4, 0.5) is 0 Å². The van der Waals surface area contributed by atoms with Crippen molar-refractivity contribution >= 4 is 21.4 Å². The minimum Gasteiger partial charge on any atom is -0.135 e. The summed E-state index contributed by atoms with van der Waals surface area (Å²) >= 11 is 1.94. The molecule has 0 saturated carbocycles. The summed E-state index contributed by atoms with van der Waals surface area (Å²) in [5.41, 5.74) is 16.5. The molecule has 0 radical (unpaired) electrons. The normalized spacial score (nSPS) is 15.5. The first kappa shape index (κ1) is 23.9. The van der Waals surface area contributed by atoms with Gasteiger partial charge in [-0.25, -0.2) is 0 Å². The van der Waals surface area contributed by atoms with Crippen LogP contribution in [0.5, 0.6) is 0 Å². The monoisotopic (exact) mass is 532 g/mol. The number of rotatable bonds is 2. The van der Waals surface area contributed by atoms with Gasteiger partial charge >= 0.3 is 0 Å². The summed E-state index contributed by atoms with van der Waals surface area (Å²) in [7, 11) is 0. The first-order chi connectivity index (χ1) is 19.2. The number of thiophene rings is 1. The Balaban J connectivity index is 1.36. The number of benzene rings is 5. The third-order valence-electron chi connectivity index (χ3n) is 9.56. The van der Waals surface area contributed by atoms with Crippen molar-refractivity contribution in [2.45, 2.75) is 45.4 Å². The number of hydrogen-bond acceptors (Lipinski definition) is 1. The molecular weight excluding hydrogens is 500 g/mol. The highest BCUT2D eigenvalue weighted by molar-refractivity contribution is 7.23. The number of aryl methyl sites for hydroxylation is 1. The van der Waals surface area contributed by atoms with E-state index in [1.54, 1.807) is 0 Å². The van der Waals surface area contributed by atoms with Crippen molar-refractivity contribution in [3.05, 3.63) is 131 Å². The Morgan fingerprint density at radius 3 is 1.65 bits per heavy atom. The summed E-state index contributed by atoms with van der Waals surface area (Å²) in [5, 5.41) is 1.35. The predicted octanol–water partition coefficient (Wildman–Crippen LogP) is 11.2. The Morgan fingerprint density at radius 1 is 0.500 bits per heavy atom. The van der Waals surface area contributed by atoms with Crippen LogP contribution in [0.2, 0.25) is 0 Å². The van der Waals surface area contributed by atoms with Crippen molar-refractivity contribution in [1.82, 2.24) is 0 Å². The molecule has 6 aromatic rings. The van der Waals surface area contributed by atoms with E-state index in [1.807, 2.05) is 11.3 Å². The van der Waals surface area contributed by atoms with Crippen LogP contribution >= 0.6 is 11.3 Å². The van der Waals surface area contributed by atoms with Gasteiger partial charge in [-0.15, -0.1) is 11.3 Å². The van der Waals surface area contributed by atoms with Crippen molar-refractivity contribution in [3.63, 3.8) is 0 Å². The third kappa shape index (κ3) is 3.13. The van der Waals surface area contributed by atoms with Crippen molar-refractivity contribution in [2.24, 2.45) is 0 Å². The molecule has 5 aromatic carbocycles. The molecule has 0 N–H and O–H groups in total. The highest BCUT2D eigenvalue weighted by atomic mass is 32.1. The van der Waals surface area contributed by atoms with E-state index < -0.39 is 0 Å². The van der Waals surface area contributed by atoms with E-state index in [1.165, 1.54) is 81.7 Å². The lowest BCUT2D eigenvalue weighted by Crippen LogP contribution is -2.15. The van der Waals surface area contributed by atoms with Crippen LogP contribution in [0.15, 0.2) is 103 Å². The van der Waals surface area contributed by atoms with E-state index in [4.69, 9.17) is 0 Å². The van der Waals surface area contributed by atoms with Gasteiger partial charge in [-0.1, -0.05) is 113 Å². The first-order valence-electron chi connectivity index (χ1n) is 14.3. The second kappa shape index (κ2) is 8.05. The average molecular weight is 533 g/mol. The molecule has 0 spiro atoms. The van der Waals surface area contributed by atoms with Crippen LogP contribution in [0.25, 0.3) is 53.9 Å². The summed E-state index contributed by atoms with van der Waals surface area (Å²) in [6, 6.07) is 39.2. The molecule has 0 aliphatic heterocycles. The molecule has 2 aliphatic rings. The number of fused-ring (bicyclic) bond motifs is 7. The fourth-order valence-electron chi connectivity index (χ4n) is 7.40. The first-order valence-corrected chi connectivity index (χ1v) is 15.1.